The highest BCUT2D eigenvalue weighted by molar-refractivity contribution is 7.86. The SMILES string of the molecule is CS(=O)(=O)Oc1ccc(C(C(=O)OCc2ccccc2)C(N)C(=O)OCC2c3ccccc3-c3ccccc32)cc1. The average Bonchev–Trinajstić information content (AvgIpc) is 3.29. The van der Waals surface area contributed by atoms with E-state index in [1.54, 1.807) is 0 Å². The van der Waals surface area contributed by atoms with Gasteiger partial charge in [0.05, 0.1) is 6.26 Å². The van der Waals surface area contributed by atoms with Crippen LogP contribution in [-0.2, 0) is 35.8 Å². The molecular weight excluding hydrogens is 542 g/mol. The number of nitrogens with two attached hydrogens (primary N) is 1. The molecule has 0 aromatic heterocycles. The van der Waals surface area contributed by atoms with Crippen LogP contribution in [-0.4, -0.2) is 39.3 Å². The van der Waals surface area contributed by atoms with Gasteiger partial charge in [-0.25, -0.2) is 0 Å². The molecule has 41 heavy (non-hydrogen) atoms. The van der Waals surface area contributed by atoms with E-state index in [1.807, 2.05) is 78.9 Å². The maximum Gasteiger partial charge on any atom is 0.324 e. The summed E-state index contributed by atoms with van der Waals surface area (Å²) in [6, 6.07) is 29.4. The molecular formula is C32H29NO7S. The van der Waals surface area contributed by atoms with Gasteiger partial charge in [0.15, 0.2) is 0 Å². The molecule has 0 aliphatic heterocycles. The first-order valence-corrected chi connectivity index (χ1v) is 14.8. The minimum atomic E-state index is -3.74. The number of esters is 2. The van der Waals surface area contributed by atoms with Crippen molar-refractivity contribution in [3.63, 3.8) is 0 Å². The minimum Gasteiger partial charge on any atom is -0.463 e. The maximum atomic E-state index is 13.3. The lowest BCUT2D eigenvalue weighted by Gasteiger charge is -2.23. The lowest BCUT2D eigenvalue weighted by molar-refractivity contribution is -0.154. The third kappa shape index (κ3) is 6.48. The van der Waals surface area contributed by atoms with Crippen molar-refractivity contribution >= 4 is 22.1 Å². The summed E-state index contributed by atoms with van der Waals surface area (Å²) in [6.45, 7) is 0.0380. The first-order valence-electron chi connectivity index (χ1n) is 13.0. The highest BCUT2D eigenvalue weighted by atomic mass is 32.2. The molecule has 0 amide bonds. The predicted octanol–water partition coefficient (Wildman–Crippen LogP) is 4.54. The molecule has 2 unspecified atom stereocenters. The number of fused-ring (bicyclic) bond motifs is 3. The summed E-state index contributed by atoms with van der Waals surface area (Å²) in [5, 5.41) is 0. The van der Waals surface area contributed by atoms with Crippen molar-refractivity contribution in [3.05, 3.63) is 125 Å². The zero-order valence-electron chi connectivity index (χ0n) is 22.3. The van der Waals surface area contributed by atoms with Gasteiger partial charge in [-0.3, -0.25) is 9.59 Å². The molecule has 0 heterocycles. The molecule has 1 aliphatic rings. The molecule has 1 aliphatic carbocycles. The van der Waals surface area contributed by atoms with Crippen LogP contribution in [0.15, 0.2) is 103 Å². The van der Waals surface area contributed by atoms with Crippen LogP contribution in [0.5, 0.6) is 5.75 Å². The van der Waals surface area contributed by atoms with Crippen LogP contribution in [0.1, 0.15) is 34.1 Å². The number of ether oxygens (including phenoxy) is 2. The second-order valence-corrected chi connectivity index (χ2v) is 11.4. The molecule has 2 atom stereocenters. The molecule has 8 nitrogen and oxygen atoms in total. The fraction of sp³-hybridized carbons (Fsp3) is 0.188. The van der Waals surface area contributed by atoms with Crippen molar-refractivity contribution in [1.29, 1.82) is 0 Å². The van der Waals surface area contributed by atoms with E-state index in [1.165, 1.54) is 24.3 Å². The first-order chi connectivity index (χ1) is 19.7. The lowest BCUT2D eigenvalue weighted by Crippen LogP contribution is -2.42. The van der Waals surface area contributed by atoms with Crippen LogP contribution < -0.4 is 9.92 Å². The monoisotopic (exact) mass is 571 g/mol. The zero-order valence-corrected chi connectivity index (χ0v) is 23.1. The summed E-state index contributed by atoms with van der Waals surface area (Å²) >= 11 is 0. The predicted molar refractivity (Wildman–Crippen MR) is 154 cm³/mol. The van der Waals surface area contributed by atoms with E-state index < -0.39 is 34.0 Å². The molecule has 0 radical (unpaired) electrons. The number of carbonyl (C=O) groups excluding carboxylic acids is 2. The maximum absolute atomic E-state index is 13.3. The quantitative estimate of drug-likeness (QED) is 0.218. The number of hydrogen-bond acceptors (Lipinski definition) is 8. The second kappa shape index (κ2) is 12.0. The Hall–Kier alpha value is -4.47. The summed E-state index contributed by atoms with van der Waals surface area (Å²) < 4.78 is 39.2. The topological polar surface area (TPSA) is 122 Å². The first kappa shape index (κ1) is 28.1. The molecule has 0 saturated heterocycles. The van der Waals surface area contributed by atoms with Gasteiger partial charge in [-0.1, -0.05) is 91.0 Å². The molecule has 5 rings (SSSR count). The normalized spacial score (nSPS) is 13.9. The molecule has 0 bridgehead atoms. The molecule has 9 heteroatoms. The minimum absolute atomic E-state index is 0.0111. The summed E-state index contributed by atoms with van der Waals surface area (Å²) in [5.74, 6) is -2.80. The largest absolute Gasteiger partial charge is 0.463 e. The van der Waals surface area contributed by atoms with E-state index in [4.69, 9.17) is 19.4 Å². The van der Waals surface area contributed by atoms with Gasteiger partial charge < -0.3 is 19.4 Å². The third-order valence-electron chi connectivity index (χ3n) is 6.95. The fourth-order valence-electron chi connectivity index (χ4n) is 5.05. The van der Waals surface area contributed by atoms with Crippen LogP contribution in [0.2, 0.25) is 0 Å². The molecule has 4 aromatic carbocycles. The van der Waals surface area contributed by atoms with Crippen molar-refractivity contribution in [1.82, 2.24) is 0 Å². The van der Waals surface area contributed by atoms with Gasteiger partial charge in [-0.15, -0.1) is 0 Å². The van der Waals surface area contributed by atoms with Crippen molar-refractivity contribution < 1.29 is 31.7 Å². The second-order valence-electron chi connectivity index (χ2n) is 9.81. The Morgan fingerprint density at radius 1 is 0.756 bits per heavy atom. The van der Waals surface area contributed by atoms with E-state index in [-0.39, 0.29) is 24.9 Å². The number of rotatable bonds is 10. The van der Waals surface area contributed by atoms with Crippen molar-refractivity contribution in [2.45, 2.75) is 24.5 Å². The Bertz CT molecular complexity index is 1610. The summed E-state index contributed by atoms with van der Waals surface area (Å²) in [5.41, 5.74) is 11.8. The van der Waals surface area contributed by atoms with Crippen LogP contribution in [0.4, 0.5) is 0 Å². The summed E-state index contributed by atoms with van der Waals surface area (Å²) in [7, 11) is -3.74. The number of benzene rings is 4. The van der Waals surface area contributed by atoms with Gasteiger partial charge in [0, 0.05) is 5.92 Å². The van der Waals surface area contributed by atoms with Crippen LogP contribution >= 0.6 is 0 Å². The van der Waals surface area contributed by atoms with Crippen molar-refractivity contribution in [2.24, 2.45) is 5.73 Å². The van der Waals surface area contributed by atoms with Crippen molar-refractivity contribution in [2.75, 3.05) is 12.9 Å². The Balaban J connectivity index is 1.35. The van der Waals surface area contributed by atoms with Gasteiger partial charge in [0.2, 0.25) is 0 Å². The molecule has 210 valence electrons. The molecule has 2 N–H and O–H groups in total. The molecule has 4 aromatic rings. The highest BCUT2D eigenvalue weighted by Gasteiger charge is 2.36. The van der Waals surface area contributed by atoms with E-state index in [0.29, 0.717) is 5.56 Å². The lowest BCUT2D eigenvalue weighted by atomic mass is 9.91. The van der Waals surface area contributed by atoms with E-state index >= 15 is 0 Å². The van der Waals surface area contributed by atoms with Gasteiger partial charge in [-0.2, -0.15) is 8.42 Å². The third-order valence-corrected chi connectivity index (χ3v) is 7.45. The fourth-order valence-corrected chi connectivity index (χ4v) is 5.51. The Kier molecular flexibility index (Phi) is 8.19. The number of hydrogen-bond donors (Lipinski definition) is 1. The van der Waals surface area contributed by atoms with E-state index in [9.17, 15) is 18.0 Å². The van der Waals surface area contributed by atoms with Crippen LogP contribution in [0, 0.1) is 0 Å². The molecule has 0 saturated carbocycles. The van der Waals surface area contributed by atoms with E-state index in [0.717, 1.165) is 34.1 Å². The van der Waals surface area contributed by atoms with E-state index in [2.05, 4.69) is 0 Å². The summed E-state index contributed by atoms with van der Waals surface area (Å²) in [4.78, 5) is 26.6. The average molecular weight is 572 g/mol. The van der Waals surface area contributed by atoms with Gasteiger partial charge in [-0.05, 0) is 45.5 Å². The van der Waals surface area contributed by atoms with Gasteiger partial charge in [0.25, 0.3) is 0 Å². The Morgan fingerprint density at radius 3 is 1.90 bits per heavy atom. The summed E-state index contributed by atoms with van der Waals surface area (Å²) in [6.07, 6.45) is 0.928. The molecule has 0 spiro atoms. The van der Waals surface area contributed by atoms with Crippen LogP contribution in [0.3, 0.4) is 0 Å². The Morgan fingerprint density at radius 2 is 1.32 bits per heavy atom. The highest BCUT2D eigenvalue weighted by Crippen LogP contribution is 2.44. The van der Waals surface area contributed by atoms with Crippen molar-refractivity contribution in [3.8, 4) is 16.9 Å². The smallest absolute Gasteiger partial charge is 0.324 e. The Labute approximate surface area is 238 Å². The van der Waals surface area contributed by atoms with Gasteiger partial charge >= 0.3 is 22.1 Å². The van der Waals surface area contributed by atoms with Gasteiger partial charge in [0.1, 0.15) is 30.9 Å². The number of carbonyl (C=O) groups is 2. The van der Waals surface area contributed by atoms with Crippen LogP contribution in [0.25, 0.3) is 11.1 Å². The standard InChI is InChI=1S/C32H29NO7S/c1-41(36,37)40-23-17-15-22(16-18-23)29(31(34)38-19-21-9-3-2-4-10-21)30(33)32(35)39-20-28-26-13-7-5-11-24(26)25-12-6-8-14-27(25)28/h2-18,28-30H,19-20,33H2,1H3. The molecule has 0 fully saturated rings. The zero-order chi connectivity index (χ0) is 29.0.